The number of carbonyl (C=O) groups excluding carboxylic acids is 2. The fourth-order valence-corrected chi connectivity index (χ4v) is 2.01. The third-order valence-electron chi connectivity index (χ3n) is 2.90. The Morgan fingerprint density at radius 2 is 1.82 bits per heavy atom. The second-order valence-electron chi connectivity index (χ2n) is 4.04. The number of fused-ring (bicyclic) bond motifs is 1. The van der Waals surface area contributed by atoms with Crippen molar-refractivity contribution in [2.45, 2.75) is 12.5 Å². The number of carbonyl (C=O) groups is 2. The lowest BCUT2D eigenvalue weighted by Crippen LogP contribution is -2.34. The predicted octanol–water partition coefficient (Wildman–Crippen LogP) is 1.00. The summed E-state index contributed by atoms with van der Waals surface area (Å²) in [4.78, 5) is 29.3. The number of nitrogens with zero attached hydrogens (tertiary/aromatic N) is 1. The van der Waals surface area contributed by atoms with Crippen LogP contribution in [0.15, 0.2) is 24.3 Å². The summed E-state index contributed by atoms with van der Waals surface area (Å²) in [6.45, 7) is 1.03. The molecule has 0 unspecified atom stereocenters. The Hall–Kier alpha value is -1.72. The number of benzene rings is 1. The molecule has 5 heteroatoms. The third-order valence-corrected chi connectivity index (χ3v) is 2.90. The van der Waals surface area contributed by atoms with E-state index in [2.05, 4.69) is 0 Å². The van der Waals surface area contributed by atoms with Crippen molar-refractivity contribution in [3.63, 3.8) is 0 Å². The van der Waals surface area contributed by atoms with Crippen LogP contribution in [0.1, 0.15) is 27.1 Å². The smallest absolute Gasteiger partial charge is 0.285 e. The van der Waals surface area contributed by atoms with Gasteiger partial charge in [0.1, 0.15) is 6.10 Å². The number of rotatable bonds is 2. The molecular weight excluding hydrogens is 222 g/mol. The van der Waals surface area contributed by atoms with E-state index in [4.69, 9.17) is 9.57 Å². The van der Waals surface area contributed by atoms with Crippen LogP contribution in [-0.4, -0.2) is 36.2 Å². The van der Waals surface area contributed by atoms with Crippen molar-refractivity contribution >= 4 is 11.8 Å². The molecule has 1 fully saturated rings. The highest BCUT2D eigenvalue weighted by Gasteiger charge is 2.38. The summed E-state index contributed by atoms with van der Waals surface area (Å²) in [5, 5.41) is 0.851. The normalized spacial score (nSPS) is 23.3. The van der Waals surface area contributed by atoms with Gasteiger partial charge in [-0.2, -0.15) is 0 Å². The predicted molar refractivity (Wildman–Crippen MR) is 57.3 cm³/mol. The Labute approximate surface area is 97.9 Å². The van der Waals surface area contributed by atoms with Crippen molar-refractivity contribution in [2.24, 2.45) is 0 Å². The zero-order valence-corrected chi connectivity index (χ0v) is 9.09. The summed E-state index contributed by atoms with van der Waals surface area (Å²) < 4.78 is 5.14. The molecule has 0 radical (unpaired) electrons. The van der Waals surface area contributed by atoms with Crippen molar-refractivity contribution in [3.8, 4) is 0 Å². The van der Waals surface area contributed by atoms with Gasteiger partial charge < -0.3 is 4.74 Å². The fourth-order valence-electron chi connectivity index (χ4n) is 2.01. The van der Waals surface area contributed by atoms with Gasteiger partial charge in [-0.05, 0) is 12.1 Å². The fraction of sp³-hybridized carbons (Fsp3) is 0.333. The maximum absolute atomic E-state index is 11.9. The van der Waals surface area contributed by atoms with Crippen LogP contribution in [0.3, 0.4) is 0 Å². The number of hydroxylamine groups is 2. The van der Waals surface area contributed by atoms with E-state index in [0.29, 0.717) is 30.8 Å². The van der Waals surface area contributed by atoms with Crippen LogP contribution in [0.25, 0.3) is 0 Å². The van der Waals surface area contributed by atoms with E-state index >= 15 is 0 Å². The molecule has 0 aliphatic carbocycles. The number of hydrogen-bond acceptors (Lipinski definition) is 4. The minimum atomic E-state index is -0.391. The van der Waals surface area contributed by atoms with Crippen LogP contribution in [0.5, 0.6) is 0 Å². The maximum atomic E-state index is 11.9. The highest BCUT2D eigenvalue weighted by molar-refractivity contribution is 6.20. The molecule has 2 amide bonds. The van der Waals surface area contributed by atoms with Gasteiger partial charge in [-0.25, -0.2) is 0 Å². The van der Waals surface area contributed by atoms with Crippen LogP contribution < -0.4 is 0 Å². The zero-order chi connectivity index (χ0) is 11.8. The lowest BCUT2D eigenvalue weighted by Gasteiger charge is -2.17. The van der Waals surface area contributed by atoms with Crippen LogP contribution in [0.2, 0.25) is 0 Å². The number of ether oxygens (including phenoxy) is 1. The summed E-state index contributed by atoms with van der Waals surface area (Å²) in [5.41, 5.74) is 0.799. The molecule has 2 heterocycles. The molecule has 88 valence electrons. The Morgan fingerprint density at radius 3 is 2.35 bits per heavy atom. The van der Waals surface area contributed by atoms with Crippen LogP contribution >= 0.6 is 0 Å². The minimum absolute atomic E-state index is 0.211. The lowest BCUT2D eigenvalue weighted by molar-refractivity contribution is -0.131. The first kappa shape index (κ1) is 10.4. The van der Waals surface area contributed by atoms with E-state index < -0.39 is 11.8 Å². The largest absolute Gasteiger partial charge is 0.379 e. The van der Waals surface area contributed by atoms with E-state index in [1.54, 1.807) is 24.3 Å². The Bertz CT molecular complexity index is 444. The molecule has 0 spiro atoms. The van der Waals surface area contributed by atoms with Crippen LogP contribution in [-0.2, 0) is 9.57 Å². The van der Waals surface area contributed by atoms with E-state index in [1.807, 2.05) is 0 Å². The summed E-state index contributed by atoms with van der Waals surface area (Å²) in [6, 6.07) is 6.71. The molecule has 0 N–H and O–H groups in total. The van der Waals surface area contributed by atoms with Gasteiger partial charge in [0.05, 0.1) is 17.7 Å². The molecule has 0 aromatic heterocycles. The third kappa shape index (κ3) is 1.64. The van der Waals surface area contributed by atoms with Crippen molar-refractivity contribution in [1.29, 1.82) is 0 Å². The van der Waals surface area contributed by atoms with E-state index in [-0.39, 0.29) is 6.10 Å². The highest BCUT2D eigenvalue weighted by atomic mass is 16.7. The molecule has 1 aromatic carbocycles. The van der Waals surface area contributed by atoms with Crippen molar-refractivity contribution in [1.82, 2.24) is 5.06 Å². The molecular formula is C12H11NO4. The average molecular weight is 233 g/mol. The molecule has 2 aliphatic rings. The Kier molecular flexibility index (Phi) is 2.42. The van der Waals surface area contributed by atoms with Gasteiger partial charge in [-0.3, -0.25) is 14.4 Å². The van der Waals surface area contributed by atoms with Crippen molar-refractivity contribution in [2.75, 3.05) is 13.2 Å². The van der Waals surface area contributed by atoms with Gasteiger partial charge in [0.15, 0.2) is 0 Å². The second kappa shape index (κ2) is 3.94. The molecule has 1 atom stereocenters. The SMILES string of the molecule is O=C1c2ccccc2C(=O)N1O[C@@H]1CCOC1. The first-order chi connectivity index (χ1) is 8.27. The maximum Gasteiger partial charge on any atom is 0.285 e. The minimum Gasteiger partial charge on any atom is -0.379 e. The van der Waals surface area contributed by atoms with E-state index in [1.165, 1.54) is 0 Å². The van der Waals surface area contributed by atoms with Gasteiger partial charge >= 0.3 is 0 Å². The lowest BCUT2D eigenvalue weighted by atomic mass is 10.1. The number of amides is 2. The second-order valence-corrected chi connectivity index (χ2v) is 4.04. The summed E-state index contributed by atoms with van der Waals surface area (Å²) >= 11 is 0. The molecule has 0 bridgehead atoms. The van der Waals surface area contributed by atoms with E-state index in [0.717, 1.165) is 5.06 Å². The molecule has 5 nitrogen and oxygen atoms in total. The van der Waals surface area contributed by atoms with Crippen molar-refractivity contribution in [3.05, 3.63) is 35.4 Å². The van der Waals surface area contributed by atoms with Gasteiger partial charge in [0, 0.05) is 13.0 Å². The summed E-state index contributed by atoms with van der Waals surface area (Å²) in [6.07, 6.45) is 0.491. The molecule has 3 rings (SSSR count). The van der Waals surface area contributed by atoms with Crippen LogP contribution in [0.4, 0.5) is 0 Å². The monoisotopic (exact) mass is 233 g/mol. The summed E-state index contributed by atoms with van der Waals surface area (Å²) in [5.74, 6) is -0.782. The average Bonchev–Trinajstić information content (AvgIpc) is 2.94. The quantitative estimate of drug-likeness (QED) is 0.715. The molecule has 0 saturated carbocycles. The number of imide groups is 1. The van der Waals surface area contributed by atoms with Crippen molar-refractivity contribution < 1.29 is 19.2 Å². The first-order valence-electron chi connectivity index (χ1n) is 5.49. The summed E-state index contributed by atoms with van der Waals surface area (Å²) in [7, 11) is 0. The standard InChI is InChI=1S/C12H11NO4/c14-11-9-3-1-2-4-10(9)12(15)13(11)17-8-5-6-16-7-8/h1-4,8H,5-7H2/t8-/m1/s1. The topological polar surface area (TPSA) is 55.8 Å². The molecule has 1 saturated heterocycles. The molecule has 2 aliphatic heterocycles. The zero-order valence-electron chi connectivity index (χ0n) is 9.09. The van der Waals surface area contributed by atoms with Gasteiger partial charge in [0.2, 0.25) is 0 Å². The first-order valence-corrected chi connectivity index (χ1v) is 5.49. The molecule has 17 heavy (non-hydrogen) atoms. The Balaban J connectivity index is 1.84. The molecule has 1 aromatic rings. The van der Waals surface area contributed by atoms with Crippen LogP contribution in [0, 0.1) is 0 Å². The van der Waals surface area contributed by atoms with Gasteiger partial charge in [-0.1, -0.05) is 12.1 Å². The van der Waals surface area contributed by atoms with Gasteiger partial charge in [-0.15, -0.1) is 5.06 Å². The van der Waals surface area contributed by atoms with Gasteiger partial charge in [0.25, 0.3) is 11.8 Å². The van der Waals surface area contributed by atoms with E-state index in [9.17, 15) is 9.59 Å². The number of hydrogen-bond donors (Lipinski definition) is 0. The highest BCUT2D eigenvalue weighted by Crippen LogP contribution is 2.24. The Morgan fingerprint density at radius 1 is 1.18 bits per heavy atom.